The van der Waals surface area contributed by atoms with Crippen LogP contribution in [0.25, 0.3) is 0 Å². The summed E-state index contributed by atoms with van der Waals surface area (Å²) in [6.45, 7) is 8.36. The lowest BCUT2D eigenvalue weighted by Crippen LogP contribution is -2.34. The van der Waals surface area contributed by atoms with Crippen LogP contribution in [-0.4, -0.2) is 18.2 Å². The molecule has 0 bridgehead atoms. The molecular formula is C16H27NO. The molecule has 0 spiro atoms. The first-order valence-electron chi connectivity index (χ1n) is 6.64. The van der Waals surface area contributed by atoms with E-state index in [-0.39, 0.29) is 11.1 Å². The maximum Gasteiger partial charge on any atom is 0.0625 e. The Labute approximate surface area is 112 Å². The highest BCUT2D eigenvalue weighted by Gasteiger charge is 2.16. The second-order valence-electron chi connectivity index (χ2n) is 6.45. The number of ether oxygens (including phenoxy) is 1. The maximum atomic E-state index is 6.02. The van der Waals surface area contributed by atoms with Gasteiger partial charge in [-0.05, 0) is 58.1 Å². The van der Waals surface area contributed by atoms with Gasteiger partial charge in [-0.2, -0.15) is 0 Å². The molecule has 0 amide bonds. The number of nitrogens with two attached hydrogens (primary N) is 1. The molecule has 0 unspecified atom stereocenters. The van der Waals surface area contributed by atoms with Gasteiger partial charge in [0.1, 0.15) is 0 Å². The first kappa shape index (κ1) is 15.2. The zero-order valence-electron chi connectivity index (χ0n) is 12.4. The van der Waals surface area contributed by atoms with Crippen molar-refractivity contribution in [3.63, 3.8) is 0 Å². The molecule has 0 aliphatic heterocycles. The second-order valence-corrected chi connectivity index (χ2v) is 6.45. The van der Waals surface area contributed by atoms with Gasteiger partial charge >= 0.3 is 0 Å². The maximum absolute atomic E-state index is 6.02. The summed E-state index contributed by atoms with van der Waals surface area (Å²) in [5, 5.41) is 0. The Bertz CT molecular complexity index is 360. The van der Waals surface area contributed by atoms with Gasteiger partial charge in [0.15, 0.2) is 0 Å². The van der Waals surface area contributed by atoms with Gasteiger partial charge in [0.25, 0.3) is 0 Å². The van der Waals surface area contributed by atoms with Crippen molar-refractivity contribution < 1.29 is 4.74 Å². The summed E-state index contributed by atoms with van der Waals surface area (Å²) < 4.78 is 5.43. The van der Waals surface area contributed by atoms with Crippen molar-refractivity contribution in [2.75, 3.05) is 7.11 Å². The van der Waals surface area contributed by atoms with E-state index < -0.39 is 0 Å². The Morgan fingerprint density at radius 1 is 1.00 bits per heavy atom. The van der Waals surface area contributed by atoms with Crippen LogP contribution in [0.1, 0.15) is 45.2 Å². The number of hydrogen-bond acceptors (Lipinski definition) is 2. The zero-order chi connectivity index (χ0) is 13.8. The fraction of sp³-hybridized carbons (Fsp3) is 0.625. The summed E-state index contributed by atoms with van der Waals surface area (Å²) in [6, 6.07) is 8.77. The normalized spacial score (nSPS) is 12.8. The molecule has 0 heterocycles. The molecule has 2 N–H and O–H groups in total. The molecule has 2 nitrogen and oxygen atoms in total. The Morgan fingerprint density at radius 3 is 1.94 bits per heavy atom. The average Bonchev–Trinajstić information content (AvgIpc) is 2.26. The fourth-order valence-corrected chi connectivity index (χ4v) is 1.90. The van der Waals surface area contributed by atoms with Crippen LogP contribution in [-0.2, 0) is 17.6 Å². The quantitative estimate of drug-likeness (QED) is 0.839. The highest BCUT2D eigenvalue weighted by Crippen LogP contribution is 2.18. The van der Waals surface area contributed by atoms with Gasteiger partial charge in [-0.3, -0.25) is 0 Å². The van der Waals surface area contributed by atoms with Crippen molar-refractivity contribution in [3.05, 3.63) is 35.4 Å². The van der Waals surface area contributed by atoms with Crippen LogP contribution in [0.15, 0.2) is 24.3 Å². The van der Waals surface area contributed by atoms with Gasteiger partial charge < -0.3 is 10.5 Å². The topological polar surface area (TPSA) is 35.2 Å². The summed E-state index contributed by atoms with van der Waals surface area (Å²) in [5.41, 5.74) is 8.50. The largest absolute Gasteiger partial charge is 0.379 e. The van der Waals surface area contributed by atoms with Crippen LogP contribution in [0.5, 0.6) is 0 Å². The molecule has 1 rings (SSSR count). The number of rotatable bonds is 6. The van der Waals surface area contributed by atoms with Gasteiger partial charge in [-0.1, -0.05) is 24.3 Å². The fourth-order valence-electron chi connectivity index (χ4n) is 1.90. The molecule has 0 atom stereocenters. The average molecular weight is 249 g/mol. The first-order valence-corrected chi connectivity index (χ1v) is 6.64. The molecule has 1 aromatic carbocycles. The van der Waals surface area contributed by atoms with Crippen molar-refractivity contribution >= 4 is 0 Å². The number of methoxy groups -OCH3 is 1. The van der Waals surface area contributed by atoms with Gasteiger partial charge in [0, 0.05) is 12.6 Å². The molecule has 0 fully saturated rings. The van der Waals surface area contributed by atoms with E-state index in [0.717, 1.165) is 19.3 Å². The summed E-state index contributed by atoms with van der Waals surface area (Å²) in [7, 11) is 1.77. The molecule has 1 aromatic rings. The smallest absolute Gasteiger partial charge is 0.0625 e. The Morgan fingerprint density at radius 2 is 1.50 bits per heavy atom. The highest BCUT2D eigenvalue weighted by atomic mass is 16.5. The molecule has 0 aromatic heterocycles. The second kappa shape index (κ2) is 5.85. The standard InChI is InChI=1S/C16H27NO/c1-15(2,17)12-14-8-6-13(7-9-14)10-11-16(3,4)18-5/h6-9H,10-12,17H2,1-5H3. The third-order valence-corrected chi connectivity index (χ3v) is 3.25. The van der Waals surface area contributed by atoms with E-state index in [0.29, 0.717) is 0 Å². The molecule has 2 heteroatoms. The van der Waals surface area contributed by atoms with Crippen molar-refractivity contribution in [1.82, 2.24) is 0 Å². The minimum Gasteiger partial charge on any atom is -0.379 e. The third-order valence-electron chi connectivity index (χ3n) is 3.25. The Kier molecular flexibility index (Phi) is 4.94. The van der Waals surface area contributed by atoms with E-state index in [9.17, 15) is 0 Å². The molecule has 0 aliphatic rings. The van der Waals surface area contributed by atoms with Crippen LogP contribution in [0.3, 0.4) is 0 Å². The lowest BCUT2D eigenvalue weighted by molar-refractivity contribution is 0.0158. The van der Waals surface area contributed by atoms with E-state index in [1.54, 1.807) is 7.11 Å². The van der Waals surface area contributed by atoms with Crippen LogP contribution >= 0.6 is 0 Å². The van der Waals surface area contributed by atoms with Crippen molar-refractivity contribution in [2.45, 2.75) is 58.1 Å². The first-order chi connectivity index (χ1) is 8.22. The molecule has 0 saturated carbocycles. The number of hydrogen-bond donors (Lipinski definition) is 1. The lowest BCUT2D eigenvalue weighted by atomic mass is 9.94. The minimum absolute atomic E-state index is 0.0437. The Hall–Kier alpha value is -0.860. The predicted molar refractivity (Wildman–Crippen MR) is 77.8 cm³/mol. The van der Waals surface area contributed by atoms with E-state index in [1.165, 1.54) is 11.1 Å². The van der Waals surface area contributed by atoms with Gasteiger partial charge in [-0.15, -0.1) is 0 Å². The summed E-state index contributed by atoms with van der Waals surface area (Å²) in [6.07, 6.45) is 3.00. The molecule has 18 heavy (non-hydrogen) atoms. The summed E-state index contributed by atoms with van der Waals surface area (Å²) in [5.74, 6) is 0. The number of aryl methyl sites for hydroxylation is 1. The summed E-state index contributed by atoms with van der Waals surface area (Å²) >= 11 is 0. The molecule has 0 saturated heterocycles. The van der Waals surface area contributed by atoms with Crippen LogP contribution in [0.2, 0.25) is 0 Å². The molecule has 102 valence electrons. The zero-order valence-corrected chi connectivity index (χ0v) is 12.4. The van der Waals surface area contributed by atoms with Crippen LogP contribution < -0.4 is 5.73 Å². The van der Waals surface area contributed by atoms with E-state index in [1.807, 2.05) is 0 Å². The van der Waals surface area contributed by atoms with Crippen molar-refractivity contribution in [1.29, 1.82) is 0 Å². The monoisotopic (exact) mass is 249 g/mol. The summed E-state index contributed by atoms with van der Waals surface area (Å²) in [4.78, 5) is 0. The van der Waals surface area contributed by atoms with Crippen LogP contribution in [0, 0.1) is 0 Å². The van der Waals surface area contributed by atoms with Crippen molar-refractivity contribution in [2.24, 2.45) is 5.73 Å². The highest BCUT2D eigenvalue weighted by molar-refractivity contribution is 5.24. The Balaban J connectivity index is 2.56. The molecule has 0 aliphatic carbocycles. The number of benzene rings is 1. The van der Waals surface area contributed by atoms with Gasteiger partial charge in [0.05, 0.1) is 5.60 Å². The van der Waals surface area contributed by atoms with E-state index in [2.05, 4.69) is 52.0 Å². The van der Waals surface area contributed by atoms with Crippen LogP contribution in [0.4, 0.5) is 0 Å². The van der Waals surface area contributed by atoms with Gasteiger partial charge in [0.2, 0.25) is 0 Å². The SMILES string of the molecule is COC(C)(C)CCc1ccc(CC(C)(C)N)cc1. The van der Waals surface area contributed by atoms with E-state index in [4.69, 9.17) is 10.5 Å². The lowest BCUT2D eigenvalue weighted by Gasteiger charge is -2.23. The molecule has 0 radical (unpaired) electrons. The van der Waals surface area contributed by atoms with Crippen molar-refractivity contribution in [3.8, 4) is 0 Å². The molecular weight excluding hydrogens is 222 g/mol. The third kappa shape index (κ3) is 5.65. The minimum atomic E-state index is -0.139. The van der Waals surface area contributed by atoms with E-state index >= 15 is 0 Å². The predicted octanol–water partition coefficient (Wildman–Crippen LogP) is 3.32. The van der Waals surface area contributed by atoms with Gasteiger partial charge in [-0.25, -0.2) is 0 Å².